The largest absolute Gasteiger partial charge is 0.480 e. The van der Waals surface area contributed by atoms with Crippen LogP contribution in [-0.4, -0.2) is 146 Å². The van der Waals surface area contributed by atoms with Gasteiger partial charge in [-0.2, -0.15) is 0 Å². The van der Waals surface area contributed by atoms with Crippen molar-refractivity contribution in [2.45, 2.75) is 135 Å². The van der Waals surface area contributed by atoms with Crippen LogP contribution in [0.5, 0.6) is 0 Å². The van der Waals surface area contributed by atoms with Crippen LogP contribution in [0.2, 0.25) is 0 Å². The fourth-order valence-electron chi connectivity index (χ4n) is 6.47. The Hall–Kier alpha value is -4.81. The number of ether oxygens (including phenoxy) is 1. The summed E-state index contributed by atoms with van der Waals surface area (Å²) in [5, 5.41) is 22.4. The number of carbonyl (C=O) groups excluding carboxylic acids is 8. The summed E-state index contributed by atoms with van der Waals surface area (Å²) in [4.78, 5) is 112. The van der Waals surface area contributed by atoms with Crippen molar-refractivity contribution in [3.05, 3.63) is 0 Å². The van der Waals surface area contributed by atoms with Gasteiger partial charge in [0.2, 0.25) is 47.3 Å². The molecule has 1 saturated heterocycles. The third-order valence-corrected chi connectivity index (χ3v) is 9.89. The molecule has 1 rings (SSSR count). The second-order valence-corrected chi connectivity index (χ2v) is 15.1. The fraction of sp³-hybridized carbons (Fsp3) is 0.780. The molecule has 19 nitrogen and oxygen atoms in total. The van der Waals surface area contributed by atoms with Gasteiger partial charge in [0.15, 0.2) is 0 Å². The lowest BCUT2D eigenvalue weighted by atomic mass is 10.1. The minimum absolute atomic E-state index is 0.166. The van der Waals surface area contributed by atoms with E-state index in [4.69, 9.17) is 9.84 Å². The lowest BCUT2D eigenvalue weighted by Gasteiger charge is -2.24. The van der Waals surface area contributed by atoms with Crippen LogP contribution in [0, 0.1) is 0 Å². The van der Waals surface area contributed by atoms with Crippen molar-refractivity contribution in [2.75, 3.05) is 72.1 Å². The zero-order valence-electron chi connectivity index (χ0n) is 36.0. The van der Waals surface area contributed by atoms with Gasteiger partial charge >= 0.3 is 5.97 Å². The quantitative estimate of drug-likeness (QED) is 0.0441. The fourth-order valence-corrected chi connectivity index (χ4v) is 6.47. The maximum Gasteiger partial charge on any atom is 0.322 e. The van der Waals surface area contributed by atoms with Gasteiger partial charge in [0.1, 0.15) is 25.8 Å². The molecule has 0 aliphatic carbocycles. The van der Waals surface area contributed by atoms with Crippen LogP contribution in [-0.2, 0) is 47.9 Å². The van der Waals surface area contributed by atoms with Crippen LogP contribution < -0.4 is 31.9 Å². The molecule has 0 spiro atoms. The Labute approximate surface area is 355 Å². The number of hydrogen-bond donors (Lipinski definition) is 7. The summed E-state index contributed by atoms with van der Waals surface area (Å²) in [5.74, 6) is -5.94. The predicted molar refractivity (Wildman–Crippen MR) is 223 cm³/mol. The van der Waals surface area contributed by atoms with Crippen LogP contribution in [0.25, 0.3) is 0 Å². The van der Waals surface area contributed by atoms with E-state index in [1.54, 1.807) is 0 Å². The highest BCUT2D eigenvalue weighted by Gasteiger charge is 2.34. The van der Waals surface area contributed by atoms with Gasteiger partial charge in [0, 0.05) is 19.6 Å². The summed E-state index contributed by atoms with van der Waals surface area (Å²) >= 11 is 0. The van der Waals surface area contributed by atoms with Gasteiger partial charge < -0.3 is 51.5 Å². The van der Waals surface area contributed by atoms with E-state index in [9.17, 15) is 43.2 Å². The summed E-state index contributed by atoms with van der Waals surface area (Å²) in [6, 6.07) is -0.884. The molecule has 0 bridgehead atoms. The van der Waals surface area contributed by atoms with Gasteiger partial charge in [-0.25, -0.2) is 0 Å². The summed E-state index contributed by atoms with van der Waals surface area (Å²) in [6.07, 6.45) is 19.5. The minimum atomic E-state index is -1.25. The number of amides is 8. The average Bonchev–Trinajstić information content (AvgIpc) is 3.73. The second kappa shape index (κ2) is 34.0. The molecule has 1 aliphatic heterocycles. The molecule has 8 amide bonds. The molecule has 0 saturated carbocycles. The Kier molecular flexibility index (Phi) is 30.1. The molecule has 1 aliphatic rings. The van der Waals surface area contributed by atoms with Gasteiger partial charge in [-0.3, -0.25) is 43.2 Å². The molecule has 1 fully saturated rings. The summed E-state index contributed by atoms with van der Waals surface area (Å²) in [6.45, 7) is 2.37. The molecule has 0 aromatic heterocycles. The van der Waals surface area contributed by atoms with Crippen molar-refractivity contribution < 1.29 is 53.0 Å². The SMILES string of the molecule is CCCCCCCCCCN(CCCCCCCCCC)C(=O)COCC(=O)NCC(=O)NCC(=O)NCC(=O)N1CCC[C@H]1C(=O)NCC(=O)NCC(=O)NCC(=O)O. The van der Waals surface area contributed by atoms with Crippen LogP contribution in [0.4, 0.5) is 0 Å². The van der Waals surface area contributed by atoms with Crippen molar-refractivity contribution in [1.82, 2.24) is 41.7 Å². The molecule has 342 valence electrons. The summed E-state index contributed by atoms with van der Waals surface area (Å²) < 4.78 is 5.40. The zero-order valence-corrected chi connectivity index (χ0v) is 36.0. The first-order chi connectivity index (χ1) is 28.9. The first kappa shape index (κ1) is 53.2. The van der Waals surface area contributed by atoms with Crippen LogP contribution in [0.15, 0.2) is 0 Å². The van der Waals surface area contributed by atoms with Crippen molar-refractivity contribution in [2.24, 2.45) is 0 Å². The van der Waals surface area contributed by atoms with E-state index >= 15 is 0 Å². The normalized spacial score (nSPS) is 13.2. The summed E-state index contributed by atoms with van der Waals surface area (Å²) in [7, 11) is 0. The number of nitrogens with one attached hydrogen (secondary N) is 6. The van der Waals surface area contributed by atoms with E-state index in [0.29, 0.717) is 25.9 Å². The topological polar surface area (TPSA) is 262 Å². The van der Waals surface area contributed by atoms with Gasteiger partial charge in [0.05, 0.1) is 32.7 Å². The number of aliphatic carboxylic acids is 1. The van der Waals surface area contributed by atoms with Gasteiger partial charge in [-0.15, -0.1) is 0 Å². The van der Waals surface area contributed by atoms with Crippen LogP contribution in [0.1, 0.15) is 129 Å². The minimum Gasteiger partial charge on any atom is -0.480 e. The van der Waals surface area contributed by atoms with E-state index in [2.05, 4.69) is 45.7 Å². The van der Waals surface area contributed by atoms with E-state index in [1.165, 1.54) is 69.1 Å². The number of carboxylic acids is 1. The lowest BCUT2D eigenvalue weighted by Crippen LogP contribution is -2.51. The molecule has 1 atom stereocenters. The first-order valence-corrected chi connectivity index (χ1v) is 21.9. The number of nitrogens with zero attached hydrogens (tertiary/aromatic N) is 2. The molecule has 0 radical (unpaired) electrons. The summed E-state index contributed by atoms with van der Waals surface area (Å²) in [5.41, 5.74) is 0. The Morgan fingerprint density at radius 2 is 0.950 bits per heavy atom. The van der Waals surface area contributed by atoms with E-state index < -0.39 is 99.2 Å². The van der Waals surface area contributed by atoms with E-state index in [-0.39, 0.29) is 19.1 Å². The van der Waals surface area contributed by atoms with Gasteiger partial charge in [-0.1, -0.05) is 104 Å². The maximum atomic E-state index is 13.0. The monoisotopic (exact) mass is 853 g/mol. The second-order valence-electron chi connectivity index (χ2n) is 15.1. The third kappa shape index (κ3) is 27.0. The standard InChI is InChI=1S/C41H72N8O11/c1-3-5-7-9-11-13-15-17-21-48(22-18-16-14-12-10-8-6-4-2)39(56)31-60-30-37(54)44-26-33(50)42-24-34(51)45-28-38(55)49-23-19-20-32(49)41(59)47-27-36(53)43-25-35(52)46-29-40(57)58/h32H,3-31H2,1-2H3,(H,42,50)(H,43,53)(H,44,54)(H,45,51)(H,46,52)(H,47,59)(H,57,58)/t32-/m0/s1. The smallest absolute Gasteiger partial charge is 0.322 e. The van der Waals surface area contributed by atoms with Crippen molar-refractivity contribution in [3.8, 4) is 0 Å². The molecule has 7 N–H and O–H groups in total. The first-order valence-electron chi connectivity index (χ1n) is 21.9. The average molecular weight is 853 g/mol. The molecule has 60 heavy (non-hydrogen) atoms. The molecule has 0 aromatic rings. The Morgan fingerprint density at radius 1 is 0.533 bits per heavy atom. The predicted octanol–water partition coefficient (Wildman–Crippen LogP) is 0.886. The van der Waals surface area contributed by atoms with Crippen molar-refractivity contribution in [3.63, 3.8) is 0 Å². The highest BCUT2D eigenvalue weighted by atomic mass is 16.5. The van der Waals surface area contributed by atoms with Crippen molar-refractivity contribution >= 4 is 53.2 Å². The van der Waals surface area contributed by atoms with Crippen LogP contribution in [0.3, 0.4) is 0 Å². The Bertz CT molecular complexity index is 1330. The number of hydrogen-bond acceptors (Lipinski definition) is 10. The molecular formula is C41H72N8O11. The number of carboxylic acid groups (broad SMARTS) is 1. The lowest BCUT2D eigenvalue weighted by molar-refractivity contribution is -0.139. The molecule has 0 aromatic carbocycles. The third-order valence-electron chi connectivity index (χ3n) is 9.89. The molecule has 19 heteroatoms. The molecule has 0 unspecified atom stereocenters. The van der Waals surface area contributed by atoms with E-state index in [0.717, 1.165) is 38.5 Å². The molecular weight excluding hydrogens is 780 g/mol. The number of carbonyl (C=O) groups is 9. The van der Waals surface area contributed by atoms with Crippen LogP contribution >= 0.6 is 0 Å². The number of rotatable bonds is 35. The number of unbranched alkanes of at least 4 members (excludes halogenated alkanes) is 14. The highest BCUT2D eigenvalue weighted by Crippen LogP contribution is 2.17. The zero-order chi connectivity index (χ0) is 44.4. The Morgan fingerprint density at radius 3 is 1.43 bits per heavy atom. The highest BCUT2D eigenvalue weighted by molar-refractivity contribution is 5.94. The van der Waals surface area contributed by atoms with Crippen molar-refractivity contribution in [1.29, 1.82) is 0 Å². The van der Waals surface area contributed by atoms with Gasteiger partial charge in [0.25, 0.3) is 0 Å². The van der Waals surface area contributed by atoms with Gasteiger partial charge in [-0.05, 0) is 25.7 Å². The number of likely N-dealkylation sites (tertiary alicyclic amines) is 1. The maximum absolute atomic E-state index is 13.0. The van der Waals surface area contributed by atoms with E-state index in [1.807, 2.05) is 4.90 Å². The molecule has 1 heterocycles. The Balaban J connectivity index is 2.35.